The average molecular weight is 449 g/mol. The Balaban J connectivity index is 1.21. The van der Waals surface area contributed by atoms with Gasteiger partial charge in [-0.2, -0.15) is 0 Å². The molecular weight excluding hydrogens is 420 g/mol. The van der Waals surface area contributed by atoms with Gasteiger partial charge in [0, 0.05) is 30.6 Å². The second-order valence-electron chi connectivity index (χ2n) is 8.17. The molecule has 166 valence electrons. The zero-order valence-electron chi connectivity index (χ0n) is 18.0. The summed E-state index contributed by atoms with van der Waals surface area (Å²) in [7, 11) is 0. The molecule has 3 aromatic rings. The van der Waals surface area contributed by atoms with E-state index in [-0.39, 0.29) is 18.2 Å². The zero-order chi connectivity index (χ0) is 22.2. The van der Waals surface area contributed by atoms with Crippen LogP contribution in [0.1, 0.15) is 34.5 Å². The van der Waals surface area contributed by atoms with Crippen LogP contribution in [0.2, 0.25) is 0 Å². The lowest BCUT2D eigenvalue weighted by atomic mass is 9.97. The van der Waals surface area contributed by atoms with E-state index in [0.717, 1.165) is 32.5 Å². The second-order valence-corrected chi connectivity index (χ2v) is 9.03. The predicted molar refractivity (Wildman–Crippen MR) is 128 cm³/mol. The minimum atomic E-state index is -0.201. The molecule has 2 heterocycles. The van der Waals surface area contributed by atoms with E-state index in [2.05, 4.69) is 44.8 Å². The van der Waals surface area contributed by atoms with Crippen molar-refractivity contribution in [2.75, 3.05) is 25.0 Å². The van der Waals surface area contributed by atoms with Gasteiger partial charge in [0.1, 0.15) is 0 Å². The Kier molecular flexibility index (Phi) is 7.64. The Bertz CT molecular complexity index is 1020. The lowest BCUT2D eigenvalue weighted by Crippen LogP contribution is -2.40. The summed E-state index contributed by atoms with van der Waals surface area (Å²) in [6.07, 6.45) is 2.51. The maximum atomic E-state index is 12.4. The standard InChI is InChI=1S/C25H28N4O2S/c30-23(14-22-18-32-25(27-22)28-24(31)21-11-5-2-6-12-21)26-15-20-10-7-13-29(17-20)16-19-8-3-1-4-9-19/h1-6,8-9,11-12,18,20H,7,10,13-17H2,(H,26,30)(H,27,28,31). The minimum absolute atomic E-state index is 0.0311. The summed E-state index contributed by atoms with van der Waals surface area (Å²) in [4.78, 5) is 31.5. The van der Waals surface area contributed by atoms with Crippen LogP contribution in [0, 0.1) is 5.92 Å². The molecule has 4 rings (SSSR count). The Morgan fingerprint density at radius 2 is 1.81 bits per heavy atom. The molecule has 0 spiro atoms. The third-order valence-corrected chi connectivity index (χ3v) is 6.40. The van der Waals surface area contributed by atoms with E-state index in [1.807, 2.05) is 29.6 Å². The van der Waals surface area contributed by atoms with Gasteiger partial charge in [-0.15, -0.1) is 11.3 Å². The molecule has 1 aromatic heterocycles. The molecule has 0 saturated carbocycles. The molecule has 1 saturated heterocycles. The maximum Gasteiger partial charge on any atom is 0.257 e. The summed E-state index contributed by atoms with van der Waals surface area (Å²) in [5.41, 5.74) is 2.58. The molecule has 32 heavy (non-hydrogen) atoms. The smallest absolute Gasteiger partial charge is 0.257 e. The number of nitrogens with zero attached hydrogens (tertiary/aromatic N) is 2. The van der Waals surface area contributed by atoms with Crippen LogP contribution < -0.4 is 10.6 Å². The highest BCUT2D eigenvalue weighted by molar-refractivity contribution is 7.14. The molecule has 1 unspecified atom stereocenters. The van der Waals surface area contributed by atoms with E-state index in [9.17, 15) is 9.59 Å². The molecule has 0 aliphatic carbocycles. The molecule has 2 aromatic carbocycles. The molecule has 1 aliphatic heterocycles. The molecule has 2 amide bonds. The third kappa shape index (κ3) is 6.48. The molecule has 2 N–H and O–H groups in total. The van der Waals surface area contributed by atoms with Gasteiger partial charge in [0.25, 0.3) is 5.91 Å². The first-order chi connectivity index (χ1) is 15.7. The topological polar surface area (TPSA) is 74.3 Å². The van der Waals surface area contributed by atoms with Crippen LogP contribution >= 0.6 is 11.3 Å². The van der Waals surface area contributed by atoms with Crippen molar-refractivity contribution in [1.82, 2.24) is 15.2 Å². The van der Waals surface area contributed by atoms with Gasteiger partial charge in [-0.1, -0.05) is 48.5 Å². The van der Waals surface area contributed by atoms with E-state index < -0.39 is 0 Å². The van der Waals surface area contributed by atoms with Gasteiger partial charge in [-0.05, 0) is 43.0 Å². The van der Waals surface area contributed by atoms with Crippen molar-refractivity contribution in [3.05, 3.63) is 82.9 Å². The molecule has 1 aliphatic rings. The summed E-state index contributed by atoms with van der Waals surface area (Å²) in [5.74, 6) is 0.234. The van der Waals surface area contributed by atoms with Crippen molar-refractivity contribution in [2.24, 2.45) is 5.92 Å². The number of rotatable bonds is 8. The number of thiazole rings is 1. The Hall–Kier alpha value is -3.03. The summed E-state index contributed by atoms with van der Waals surface area (Å²) in [5, 5.41) is 8.19. The first kappa shape index (κ1) is 22.2. The van der Waals surface area contributed by atoms with E-state index in [1.54, 1.807) is 12.1 Å². The number of aromatic nitrogens is 1. The van der Waals surface area contributed by atoms with Crippen molar-refractivity contribution in [3.8, 4) is 0 Å². The normalized spacial score (nSPS) is 16.4. The highest BCUT2D eigenvalue weighted by atomic mass is 32.1. The number of hydrogen-bond donors (Lipinski definition) is 2. The monoisotopic (exact) mass is 448 g/mol. The number of carbonyl (C=O) groups is 2. The van der Waals surface area contributed by atoms with Crippen LogP contribution in [-0.4, -0.2) is 41.3 Å². The number of hydrogen-bond acceptors (Lipinski definition) is 5. The number of nitrogens with one attached hydrogen (secondary N) is 2. The van der Waals surface area contributed by atoms with Crippen LogP contribution in [0.3, 0.4) is 0 Å². The number of benzene rings is 2. The highest BCUT2D eigenvalue weighted by Gasteiger charge is 2.20. The van der Waals surface area contributed by atoms with Crippen LogP contribution in [0.4, 0.5) is 5.13 Å². The Labute approximate surface area is 192 Å². The fourth-order valence-corrected chi connectivity index (χ4v) is 4.70. The summed E-state index contributed by atoms with van der Waals surface area (Å²) in [6.45, 7) is 3.75. The van der Waals surface area contributed by atoms with Crippen molar-refractivity contribution in [2.45, 2.75) is 25.8 Å². The fourth-order valence-electron chi connectivity index (χ4n) is 3.99. The van der Waals surface area contributed by atoms with E-state index in [1.165, 1.54) is 16.9 Å². The van der Waals surface area contributed by atoms with Gasteiger partial charge in [-0.3, -0.25) is 19.8 Å². The van der Waals surface area contributed by atoms with Crippen molar-refractivity contribution < 1.29 is 9.59 Å². The Morgan fingerprint density at radius 1 is 1.06 bits per heavy atom. The third-order valence-electron chi connectivity index (χ3n) is 5.59. The van der Waals surface area contributed by atoms with Crippen LogP contribution in [0.25, 0.3) is 0 Å². The van der Waals surface area contributed by atoms with Crippen molar-refractivity contribution >= 4 is 28.3 Å². The quantitative estimate of drug-likeness (QED) is 0.547. The second kappa shape index (κ2) is 11.0. The first-order valence-corrected chi connectivity index (χ1v) is 11.9. The molecule has 1 fully saturated rings. The number of amides is 2. The zero-order valence-corrected chi connectivity index (χ0v) is 18.8. The van der Waals surface area contributed by atoms with Crippen molar-refractivity contribution in [1.29, 1.82) is 0 Å². The number of piperidine rings is 1. The number of carbonyl (C=O) groups excluding carboxylic acids is 2. The Morgan fingerprint density at radius 3 is 2.59 bits per heavy atom. The number of likely N-dealkylation sites (tertiary alicyclic amines) is 1. The van der Waals surface area contributed by atoms with E-state index >= 15 is 0 Å². The van der Waals surface area contributed by atoms with Gasteiger partial charge < -0.3 is 5.32 Å². The lowest BCUT2D eigenvalue weighted by Gasteiger charge is -2.32. The van der Waals surface area contributed by atoms with Gasteiger partial charge in [0.2, 0.25) is 5.91 Å². The van der Waals surface area contributed by atoms with Crippen molar-refractivity contribution in [3.63, 3.8) is 0 Å². The molecule has 7 heteroatoms. The van der Waals surface area contributed by atoms with Crippen LogP contribution in [-0.2, 0) is 17.8 Å². The van der Waals surface area contributed by atoms with Gasteiger partial charge in [0.15, 0.2) is 5.13 Å². The lowest BCUT2D eigenvalue weighted by molar-refractivity contribution is -0.120. The van der Waals surface area contributed by atoms with Gasteiger partial charge in [-0.25, -0.2) is 4.98 Å². The SMILES string of the molecule is O=C(Cc1csc(NC(=O)c2ccccc2)n1)NCC1CCCN(Cc2ccccc2)C1. The van der Waals surface area contributed by atoms with Gasteiger partial charge >= 0.3 is 0 Å². The fraction of sp³-hybridized carbons (Fsp3) is 0.320. The minimum Gasteiger partial charge on any atom is -0.355 e. The first-order valence-electron chi connectivity index (χ1n) is 11.0. The largest absolute Gasteiger partial charge is 0.355 e. The maximum absolute atomic E-state index is 12.4. The summed E-state index contributed by atoms with van der Waals surface area (Å²) in [6, 6.07) is 19.5. The van der Waals surface area contributed by atoms with E-state index in [0.29, 0.717) is 28.9 Å². The molecule has 6 nitrogen and oxygen atoms in total. The van der Waals surface area contributed by atoms with Crippen LogP contribution in [0.15, 0.2) is 66.0 Å². The summed E-state index contributed by atoms with van der Waals surface area (Å²) >= 11 is 1.33. The molecule has 0 bridgehead atoms. The van der Waals surface area contributed by atoms with E-state index in [4.69, 9.17) is 0 Å². The molecule has 0 radical (unpaired) electrons. The average Bonchev–Trinajstić information content (AvgIpc) is 3.25. The van der Waals surface area contributed by atoms with Crippen LogP contribution in [0.5, 0.6) is 0 Å². The number of anilines is 1. The molecule has 1 atom stereocenters. The van der Waals surface area contributed by atoms with Gasteiger partial charge in [0.05, 0.1) is 12.1 Å². The predicted octanol–water partition coefficient (Wildman–Crippen LogP) is 3.97. The highest BCUT2D eigenvalue weighted by Crippen LogP contribution is 2.19. The molecular formula is C25H28N4O2S. The summed E-state index contributed by atoms with van der Waals surface area (Å²) < 4.78 is 0.